The van der Waals surface area contributed by atoms with Gasteiger partial charge in [0.25, 0.3) is 0 Å². The molecule has 0 unspecified atom stereocenters. The lowest BCUT2D eigenvalue weighted by Gasteiger charge is -2.17. The summed E-state index contributed by atoms with van der Waals surface area (Å²) in [4.78, 5) is 12.4. The van der Waals surface area contributed by atoms with E-state index in [1.807, 2.05) is 25.9 Å². The number of hydrogen-bond acceptors (Lipinski definition) is 2. The minimum absolute atomic E-state index is 0.428. The van der Waals surface area contributed by atoms with Crippen LogP contribution in [0.1, 0.15) is 91.4 Å². The van der Waals surface area contributed by atoms with Crippen molar-refractivity contribution in [1.29, 1.82) is 0 Å². The smallest absolute Gasteiger partial charge is 0.333 e. The highest BCUT2D eigenvalue weighted by Crippen LogP contribution is 2.11. The first kappa shape index (κ1) is 25.5. The Morgan fingerprint density at radius 2 is 1.29 bits per heavy atom. The van der Waals surface area contributed by atoms with Gasteiger partial charge in [0.15, 0.2) is 0 Å². The van der Waals surface area contributed by atoms with Gasteiger partial charge in [-0.25, -0.2) is 4.79 Å². The number of alkyl halides is 1. The first-order valence-electron chi connectivity index (χ1n) is 9.58. The van der Waals surface area contributed by atoms with Crippen molar-refractivity contribution in [2.24, 2.45) is 0 Å². The fourth-order valence-corrected chi connectivity index (χ4v) is 2.81. The third-order valence-corrected chi connectivity index (χ3v) is 4.38. The van der Waals surface area contributed by atoms with Gasteiger partial charge in [-0.3, -0.25) is 0 Å². The van der Waals surface area contributed by atoms with Gasteiger partial charge in [0.1, 0.15) is 0 Å². The first-order chi connectivity index (χ1) is 11.4. The van der Waals surface area contributed by atoms with Gasteiger partial charge in [-0.15, -0.1) is 11.6 Å². The Hall–Kier alpha value is -0.700. The zero-order chi connectivity index (χ0) is 18.8. The molecule has 0 rings (SSSR count). The summed E-state index contributed by atoms with van der Waals surface area (Å²) >= 11 is 5.60. The van der Waals surface area contributed by atoms with Gasteiger partial charge < -0.3 is 10.0 Å². The van der Waals surface area contributed by atoms with Gasteiger partial charge in [0.2, 0.25) is 0 Å². The van der Waals surface area contributed by atoms with Crippen LogP contribution in [0.2, 0.25) is 0 Å². The first-order valence-corrected chi connectivity index (χ1v) is 10.1. The molecule has 0 aromatic carbocycles. The van der Waals surface area contributed by atoms with Crippen molar-refractivity contribution in [2.45, 2.75) is 91.4 Å². The number of aliphatic carboxylic acids is 1. The van der Waals surface area contributed by atoms with Crippen molar-refractivity contribution in [3.05, 3.63) is 11.3 Å². The van der Waals surface area contributed by atoms with Gasteiger partial charge in [-0.2, -0.15) is 0 Å². The summed E-state index contributed by atoms with van der Waals surface area (Å²) in [6.07, 6.45) is 14.7. The monoisotopic (exact) mass is 361 g/mol. The third-order valence-electron chi connectivity index (χ3n) is 4.12. The zero-order valence-corrected chi connectivity index (χ0v) is 17.4. The molecule has 3 nitrogen and oxygen atoms in total. The Morgan fingerprint density at radius 3 is 1.54 bits per heavy atom. The van der Waals surface area contributed by atoms with E-state index in [-0.39, 0.29) is 0 Å². The van der Waals surface area contributed by atoms with Gasteiger partial charge in [-0.05, 0) is 19.8 Å². The Balaban J connectivity index is 0. The SMILES string of the molecule is CC/C(=C(/C)C(=O)O)N(C)C.CCCCCCCCCCCCCl. The van der Waals surface area contributed by atoms with E-state index in [1.165, 1.54) is 64.2 Å². The molecule has 0 aliphatic rings. The molecule has 0 aromatic heterocycles. The predicted octanol–water partition coefficient (Wildman–Crippen LogP) is 6.46. The van der Waals surface area contributed by atoms with Crippen LogP contribution in [0.25, 0.3) is 0 Å². The molecule has 0 aromatic rings. The summed E-state index contributed by atoms with van der Waals surface area (Å²) in [7, 11) is 3.70. The number of hydrogen-bond donors (Lipinski definition) is 1. The highest BCUT2D eigenvalue weighted by atomic mass is 35.5. The molecule has 0 saturated heterocycles. The van der Waals surface area contributed by atoms with E-state index in [0.717, 1.165) is 18.0 Å². The Morgan fingerprint density at radius 1 is 0.875 bits per heavy atom. The fraction of sp³-hybridized carbons (Fsp3) is 0.850. The van der Waals surface area contributed by atoms with Crippen molar-refractivity contribution in [3.63, 3.8) is 0 Å². The van der Waals surface area contributed by atoms with Crippen molar-refractivity contribution >= 4 is 17.6 Å². The second-order valence-electron chi connectivity index (χ2n) is 6.50. The van der Waals surface area contributed by atoms with Crippen molar-refractivity contribution < 1.29 is 9.90 Å². The summed E-state index contributed by atoms with van der Waals surface area (Å²) in [5.41, 5.74) is 1.30. The zero-order valence-electron chi connectivity index (χ0n) is 16.7. The molecular formula is C20H40ClNO2. The molecule has 0 saturated carbocycles. The van der Waals surface area contributed by atoms with Crippen LogP contribution in [0.3, 0.4) is 0 Å². The topological polar surface area (TPSA) is 40.5 Å². The lowest BCUT2D eigenvalue weighted by molar-refractivity contribution is -0.132. The Bertz CT molecular complexity index is 318. The van der Waals surface area contributed by atoms with E-state index in [4.69, 9.17) is 16.7 Å². The maximum Gasteiger partial charge on any atom is 0.333 e. The lowest BCUT2D eigenvalue weighted by Crippen LogP contribution is -2.15. The van der Waals surface area contributed by atoms with Gasteiger partial charge >= 0.3 is 5.97 Å². The minimum Gasteiger partial charge on any atom is -0.478 e. The van der Waals surface area contributed by atoms with Crippen LogP contribution >= 0.6 is 11.6 Å². The number of unbranched alkanes of at least 4 members (excludes halogenated alkanes) is 9. The number of carbonyl (C=O) groups is 1. The van der Waals surface area contributed by atoms with E-state index >= 15 is 0 Å². The molecule has 0 aliphatic carbocycles. The van der Waals surface area contributed by atoms with E-state index in [0.29, 0.717) is 5.57 Å². The van der Waals surface area contributed by atoms with Crippen molar-refractivity contribution in [2.75, 3.05) is 20.0 Å². The van der Waals surface area contributed by atoms with Gasteiger partial charge in [0, 0.05) is 25.7 Å². The number of carboxylic acid groups (broad SMARTS) is 1. The maximum absolute atomic E-state index is 10.5. The molecule has 4 heteroatoms. The number of halogens is 1. The number of rotatable bonds is 13. The molecule has 0 radical (unpaired) electrons. The summed E-state index contributed by atoms with van der Waals surface area (Å²) < 4.78 is 0. The molecule has 0 spiro atoms. The molecule has 1 N–H and O–H groups in total. The minimum atomic E-state index is -0.837. The molecule has 24 heavy (non-hydrogen) atoms. The average molecular weight is 362 g/mol. The number of allylic oxidation sites excluding steroid dienone is 1. The van der Waals surface area contributed by atoms with Crippen LogP contribution in [0.15, 0.2) is 11.3 Å². The van der Waals surface area contributed by atoms with Gasteiger partial charge in [0.05, 0.1) is 5.57 Å². The molecule has 144 valence electrons. The van der Waals surface area contributed by atoms with E-state index in [9.17, 15) is 4.79 Å². The van der Waals surface area contributed by atoms with E-state index < -0.39 is 5.97 Å². The van der Waals surface area contributed by atoms with Crippen LogP contribution in [-0.2, 0) is 4.79 Å². The van der Waals surface area contributed by atoms with Crippen LogP contribution < -0.4 is 0 Å². The molecule has 0 amide bonds. The standard InChI is InChI=1S/C12H25Cl.C8H15NO2/c1-2-3-4-5-6-7-8-9-10-11-12-13;1-5-7(9(3)4)6(2)8(10)11/h2-12H2,1H3;5H2,1-4H3,(H,10,11)/b;7-6+. The van der Waals surface area contributed by atoms with Crippen LogP contribution in [-0.4, -0.2) is 36.0 Å². The molecule has 0 heterocycles. The molecule has 0 aliphatic heterocycles. The van der Waals surface area contributed by atoms with Gasteiger partial charge in [-0.1, -0.05) is 71.6 Å². The summed E-state index contributed by atoms with van der Waals surface area (Å²) in [6, 6.07) is 0. The molecular weight excluding hydrogens is 322 g/mol. The van der Waals surface area contributed by atoms with Crippen molar-refractivity contribution in [1.82, 2.24) is 4.90 Å². The highest BCUT2D eigenvalue weighted by molar-refractivity contribution is 6.17. The van der Waals surface area contributed by atoms with E-state index in [1.54, 1.807) is 6.92 Å². The Labute approximate surface area is 155 Å². The quantitative estimate of drug-likeness (QED) is 0.232. The summed E-state index contributed by atoms with van der Waals surface area (Å²) in [6.45, 7) is 5.84. The lowest BCUT2D eigenvalue weighted by atomic mass is 10.1. The summed E-state index contributed by atoms with van der Waals surface area (Å²) in [5.74, 6) is 0.00630. The third kappa shape index (κ3) is 16.2. The maximum atomic E-state index is 10.5. The number of nitrogens with zero attached hydrogens (tertiary/aromatic N) is 1. The number of carboxylic acids is 1. The molecule has 0 fully saturated rings. The summed E-state index contributed by atoms with van der Waals surface area (Å²) in [5, 5.41) is 8.65. The van der Waals surface area contributed by atoms with Crippen LogP contribution in [0.4, 0.5) is 0 Å². The second-order valence-corrected chi connectivity index (χ2v) is 6.87. The Kier molecular flexibility index (Phi) is 19.8. The van der Waals surface area contributed by atoms with Crippen LogP contribution in [0.5, 0.6) is 0 Å². The predicted molar refractivity (Wildman–Crippen MR) is 107 cm³/mol. The largest absolute Gasteiger partial charge is 0.478 e. The average Bonchev–Trinajstić information content (AvgIpc) is 2.54. The highest BCUT2D eigenvalue weighted by Gasteiger charge is 2.08. The van der Waals surface area contributed by atoms with Crippen molar-refractivity contribution in [3.8, 4) is 0 Å². The molecule has 0 bridgehead atoms. The van der Waals surface area contributed by atoms with Crippen LogP contribution in [0, 0.1) is 0 Å². The molecule has 0 atom stereocenters. The second kappa shape index (κ2) is 18.6. The van der Waals surface area contributed by atoms with E-state index in [2.05, 4.69) is 6.92 Å². The normalized spacial score (nSPS) is 11.4. The fourth-order valence-electron chi connectivity index (χ4n) is 2.62.